The molecule has 0 saturated heterocycles. The van der Waals surface area contributed by atoms with E-state index >= 15 is 0 Å². The van der Waals surface area contributed by atoms with E-state index in [-0.39, 0.29) is 0 Å². The van der Waals surface area contributed by atoms with Crippen LogP contribution in [-0.2, 0) is 0 Å². The Hall–Kier alpha value is -1.16. The molecule has 0 spiro atoms. The molecule has 4 heteroatoms. The van der Waals surface area contributed by atoms with Gasteiger partial charge in [-0.25, -0.2) is 15.8 Å². The SMILES string of the molecule is Cc1cc(NN)nc(C2CCC(C(C)C)CC2)n1. The molecule has 4 nitrogen and oxygen atoms in total. The molecule has 1 fully saturated rings. The average molecular weight is 248 g/mol. The number of nitrogens with two attached hydrogens (primary N) is 1. The molecule has 0 atom stereocenters. The van der Waals surface area contributed by atoms with Crippen molar-refractivity contribution < 1.29 is 0 Å². The van der Waals surface area contributed by atoms with Crippen LogP contribution in [-0.4, -0.2) is 9.97 Å². The predicted molar refractivity (Wildman–Crippen MR) is 74.1 cm³/mol. The quantitative estimate of drug-likeness (QED) is 0.637. The molecule has 18 heavy (non-hydrogen) atoms. The van der Waals surface area contributed by atoms with Gasteiger partial charge in [0.15, 0.2) is 0 Å². The van der Waals surface area contributed by atoms with Gasteiger partial charge in [-0.3, -0.25) is 0 Å². The lowest BCUT2D eigenvalue weighted by Crippen LogP contribution is -2.20. The molecule has 1 heterocycles. The van der Waals surface area contributed by atoms with Gasteiger partial charge in [0.1, 0.15) is 11.6 Å². The van der Waals surface area contributed by atoms with E-state index in [1.54, 1.807) is 0 Å². The van der Waals surface area contributed by atoms with Crippen molar-refractivity contribution in [1.29, 1.82) is 0 Å². The zero-order valence-electron chi connectivity index (χ0n) is 11.6. The molecule has 100 valence electrons. The highest BCUT2D eigenvalue weighted by molar-refractivity contribution is 5.34. The Balaban J connectivity index is 2.07. The van der Waals surface area contributed by atoms with Gasteiger partial charge in [-0.05, 0) is 44.4 Å². The number of hydrazine groups is 1. The minimum Gasteiger partial charge on any atom is -0.308 e. The summed E-state index contributed by atoms with van der Waals surface area (Å²) in [4.78, 5) is 9.07. The molecule has 0 aromatic carbocycles. The minimum absolute atomic E-state index is 0.506. The van der Waals surface area contributed by atoms with E-state index in [2.05, 4.69) is 29.2 Å². The van der Waals surface area contributed by atoms with Crippen LogP contribution in [0.5, 0.6) is 0 Å². The zero-order chi connectivity index (χ0) is 13.1. The van der Waals surface area contributed by atoms with Crippen LogP contribution in [0.15, 0.2) is 6.07 Å². The summed E-state index contributed by atoms with van der Waals surface area (Å²) in [5.41, 5.74) is 3.61. The fraction of sp³-hybridized carbons (Fsp3) is 0.714. The van der Waals surface area contributed by atoms with Crippen LogP contribution in [0.4, 0.5) is 5.82 Å². The standard InChI is InChI=1S/C14H24N4/c1-9(2)11-4-6-12(7-5-11)14-16-10(3)8-13(17-14)18-15/h8-9,11-12H,4-7,15H2,1-3H3,(H,16,17,18). The van der Waals surface area contributed by atoms with Gasteiger partial charge in [0.05, 0.1) is 0 Å². The van der Waals surface area contributed by atoms with Crippen molar-refractivity contribution >= 4 is 5.82 Å². The third kappa shape index (κ3) is 2.99. The molecule has 0 aliphatic heterocycles. The number of aryl methyl sites for hydroxylation is 1. The van der Waals surface area contributed by atoms with Gasteiger partial charge in [0.25, 0.3) is 0 Å². The van der Waals surface area contributed by atoms with Crippen molar-refractivity contribution in [3.05, 3.63) is 17.6 Å². The van der Waals surface area contributed by atoms with E-state index in [1.807, 2.05) is 13.0 Å². The number of anilines is 1. The Morgan fingerprint density at radius 1 is 1.22 bits per heavy atom. The van der Waals surface area contributed by atoms with Gasteiger partial charge in [0, 0.05) is 17.7 Å². The summed E-state index contributed by atoms with van der Waals surface area (Å²) in [7, 11) is 0. The Morgan fingerprint density at radius 2 is 1.89 bits per heavy atom. The molecule has 2 rings (SSSR count). The molecular weight excluding hydrogens is 224 g/mol. The molecule has 1 saturated carbocycles. The van der Waals surface area contributed by atoms with Crippen LogP contribution < -0.4 is 11.3 Å². The highest BCUT2D eigenvalue weighted by atomic mass is 15.3. The van der Waals surface area contributed by atoms with Crippen LogP contribution in [0.3, 0.4) is 0 Å². The molecule has 0 bridgehead atoms. The number of nitrogens with one attached hydrogen (secondary N) is 1. The molecule has 1 aromatic rings. The summed E-state index contributed by atoms with van der Waals surface area (Å²) in [6, 6.07) is 1.88. The van der Waals surface area contributed by atoms with Crippen molar-refractivity contribution in [3.8, 4) is 0 Å². The third-order valence-electron chi connectivity index (χ3n) is 4.10. The first-order valence-electron chi connectivity index (χ1n) is 6.92. The molecule has 0 amide bonds. The average Bonchev–Trinajstić information content (AvgIpc) is 2.38. The monoisotopic (exact) mass is 248 g/mol. The van der Waals surface area contributed by atoms with E-state index < -0.39 is 0 Å². The summed E-state index contributed by atoms with van der Waals surface area (Å²) < 4.78 is 0. The molecular formula is C14H24N4. The van der Waals surface area contributed by atoms with Crippen molar-refractivity contribution in [3.63, 3.8) is 0 Å². The third-order valence-corrected chi connectivity index (χ3v) is 4.10. The van der Waals surface area contributed by atoms with E-state index in [9.17, 15) is 0 Å². The Kier molecular flexibility index (Phi) is 4.17. The predicted octanol–water partition coefficient (Wildman–Crippen LogP) is 3.00. The molecule has 1 aliphatic rings. The summed E-state index contributed by atoms with van der Waals surface area (Å²) >= 11 is 0. The normalized spacial score (nSPS) is 24.3. The van der Waals surface area contributed by atoms with Gasteiger partial charge in [-0.15, -0.1) is 0 Å². The molecule has 0 unspecified atom stereocenters. The van der Waals surface area contributed by atoms with Gasteiger partial charge < -0.3 is 5.43 Å². The van der Waals surface area contributed by atoms with Crippen LogP contribution in [0.2, 0.25) is 0 Å². The zero-order valence-corrected chi connectivity index (χ0v) is 11.6. The van der Waals surface area contributed by atoms with E-state index in [1.165, 1.54) is 25.7 Å². The summed E-state index contributed by atoms with van der Waals surface area (Å²) in [6.07, 6.45) is 5.00. The summed E-state index contributed by atoms with van der Waals surface area (Å²) in [5, 5.41) is 0. The maximum absolute atomic E-state index is 5.44. The largest absolute Gasteiger partial charge is 0.308 e. The van der Waals surface area contributed by atoms with Gasteiger partial charge in [0.2, 0.25) is 0 Å². The van der Waals surface area contributed by atoms with E-state index in [4.69, 9.17) is 5.84 Å². The second kappa shape index (κ2) is 5.65. The lowest BCUT2D eigenvalue weighted by Gasteiger charge is -2.30. The number of hydrogen-bond acceptors (Lipinski definition) is 4. The van der Waals surface area contributed by atoms with Crippen LogP contribution in [0.1, 0.15) is 57.0 Å². The maximum atomic E-state index is 5.44. The number of aromatic nitrogens is 2. The van der Waals surface area contributed by atoms with Crippen LogP contribution >= 0.6 is 0 Å². The second-order valence-corrected chi connectivity index (χ2v) is 5.75. The molecule has 3 N–H and O–H groups in total. The topological polar surface area (TPSA) is 63.8 Å². The fourth-order valence-corrected chi connectivity index (χ4v) is 2.89. The van der Waals surface area contributed by atoms with Crippen LogP contribution in [0, 0.1) is 18.8 Å². The fourth-order valence-electron chi connectivity index (χ4n) is 2.89. The Morgan fingerprint density at radius 3 is 2.44 bits per heavy atom. The summed E-state index contributed by atoms with van der Waals surface area (Å²) in [5.74, 6) is 9.30. The number of nitrogen functional groups attached to an aromatic ring is 1. The second-order valence-electron chi connectivity index (χ2n) is 5.75. The lowest BCUT2D eigenvalue weighted by atomic mass is 9.77. The van der Waals surface area contributed by atoms with Crippen molar-refractivity contribution in [2.45, 2.75) is 52.4 Å². The first kappa shape index (κ1) is 13.3. The highest BCUT2D eigenvalue weighted by Gasteiger charge is 2.26. The van der Waals surface area contributed by atoms with Gasteiger partial charge >= 0.3 is 0 Å². The maximum Gasteiger partial charge on any atom is 0.143 e. The Bertz CT molecular complexity index is 395. The number of nitrogens with zero attached hydrogens (tertiary/aromatic N) is 2. The van der Waals surface area contributed by atoms with Crippen molar-refractivity contribution in [1.82, 2.24) is 9.97 Å². The van der Waals surface area contributed by atoms with Crippen molar-refractivity contribution in [2.75, 3.05) is 5.43 Å². The smallest absolute Gasteiger partial charge is 0.143 e. The lowest BCUT2D eigenvalue weighted by molar-refractivity contribution is 0.254. The molecule has 0 radical (unpaired) electrons. The molecule has 1 aromatic heterocycles. The Labute approximate surface area is 109 Å². The highest BCUT2D eigenvalue weighted by Crippen LogP contribution is 2.37. The number of rotatable bonds is 3. The first-order valence-corrected chi connectivity index (χ1v) is 6.92. The number of hydrogen-bond donors (Lipinski definition) is 2. The van der Waals surface area contributed by atoms with Crippen molar-refractivity contribution in [2.24, 2.45) is 17.7 Å². The first-order chi connectivity index (χ1) is 8.60. The summed E-state index contributed by atoms with van der Waals surface area (Å²) in [6.45, 7) is 6.64. The van der Waals surface area contributed by atoms with Crippen LogP contribution in [0.25, 0.3) is 0 Å². The van der Waals surface area contributed by atoms with Gasteiger partial charge in [-0.2, -0.15) is 0 Å². The van der Waals surface area contributed by atoms with Gasteiger partial charge in [-0.1, -0.05) is 13.8 Å². The molecule has 1 aliphatic carbocycles. The van der Waals surface area contributed by atoms with E-state index in [0.717, 1.165) is 29.2 Å². The minimum atomic E-state index is 0.506. The van der Waals surface area contributed by atoms with E-state index in [0.29, 0.717) is 5.92 Å².